The summed E-state index contributed by atoms with van der Waals surface area (Å²) in [5.41, 5.74) is 0.726. The smallest absolute Gasteiger partial charge is 0.304 e. The van der Waals surface area contributed by atoms with Crippen LogP contribution in [0.4, 0.5) is 10.1 Å². The highest BCUT2D eigenvalue weighted by molar-refractivity contribution is 7.91. The zero-order valence-electron chi connectivity index (χ0n) is 15.0. The topological polar surface area (TPSA) is 105 Å². The summed E-state index contributed by atoms with van der Waals surface area (Å²) < 4.78 is 42.2. The molecule has 0 amide bonds. The molecule has 0 spiro atoms. The normalized spacial score (nSPS) is 28.3. The van der Waals surface area contributed by atoms with Crippen LogP contribution >= 0.6 is 0 Å². The molecular formula is C17H25FN4O4S. The van der Waals surface area contributed by atoms with Crippen LogP contribution in [0.5, 0.6) is 5.75 Å². The van der Waals surface area contributed by atoms with Crippen molar-refractivity contribution in [1.29, 1.82) is 0 Å². The summed E-state index contributed by atoms with van der Waals surface area (Å²) >= 11 is 0. The van der Waals surface area contributed by atoms with E-state index < -0.39 is 33.7 Å². The van der Waals surface area contributed by atoms with E-state index in [9.17, 15) is 18.6 Å². The number of rotatable bonds is 3. The number of nitrogens with zero attached hydrogens (tertiary/aromatic N) is 2. The van der Waals surface area contributed by atoms with Gasteiger partial charge in [-0.25, -0.2) is 8.70 Å². The van der Waals surface area contributed by atoms with Gasteiger partial charge in [0.05, 0.1) is 6.54 Å². The second-order valence-electron chi connectivity index (χ2n) is 7.50. The van der Waals surface area contributed by atoms with Crippen molar-refractivity contribution >= 4 is 15.9 Å². The summed E-state index contributed by atoms with van der Waals surface area (Å²) in [4.78, 5) is 2.17. The summed E-state index contributed by atoms with van der Waals surface area (Å²) in [6.07, 6.45) is 2.74. The van der Waals surface area contributed by atoms with Crippen molar-refractivity contribution in [3.63, 3.8) is 0 Å². The van der Waals surface area contributed by atoms with E-state index >= 15 is 4.39 Å². The van der Waals surface area contributed by atoms with Crippen molar-refractivity contribution < 1.29 is 23.0 Å². The van der Waals surface area contributed by atoms with Gasteiger partial charge in [0, 0.05) is 31.2 Å². The highest BCUT2D eigenvalue weighted by Gasteiger charge is 2.39. The van der Waals surface area contributed by atoms with E-state index in [2.05, 4.69) is 10.2 Å². The van der Waals surface area contributed by atoms with E-state index in [1.807, 2.05) is 4.72 Å². The maximum absolute atomic E-state index is 15.3. The molecule has 0 bridgehead atoms. The van der Waals surface area contributed by atoms with Crippen molar-refractivity contribution in [3.8, 4) is 5.75 Å². The Hall–Kier alpha value is -1.46. The van der Waals surface area contributed by atoms with Gasteiger partial charge in [-0.2, -0.15) is 13.1 Å². The SMILES string of the molecule is O=S1(=O)NC(O)CN1c1c(O)cc2c(c1F)CN(CC1CCCCN1)CC2. The number of hydrogen-bond acceptors (Lipinski definition) is 6. The molecular weight excluding hydrogens is 375 g/mol. The van der Waals surface area contributed by atoms with Gasteiger partial charge in [0.2, 0.25) is 0 Å². The lowest BCUT2D eigenvalue weighted by Gasteiger charge is -2.34. The zero-order chi connectivity index (χ0) is 19.2. The number of phenols is 1. The van der Waals surface area contributed by atoms with E-state index in [4.69, 9.17) is 0 Å². The number of β-amino-alcohol motifs (C(OH)–C–C–N with tert-alkyl or cyclic N) is 1. The molecule has 3 aliphatic rings. The summed E-state index contributed by atoms with van der Waals surface area (Å²) in [5, 5.41) is 23.4. The quantitative estimate of drug-likeness (QED) is 0.570. The molecule has 2 saturated heterocycles. The molecule has 0 saturated carbocycles. The molecule has 0 aliphatic carbocycles. The first-order valence-corrected chi connectivity index (χ1v) is 10.8. The second kappa shape index (κ2) is 7.17. The molecule has 8 nitrogen and oxygen atoms in total. The van der Waals surface area contributed by atoms with Crippen molar-refractivity contribution in [1.82, 2.24) is 14.9 Å². The maximum Gasteiger partial charge on any atom is 0.304 e. The molecule has 1 aromatic rings. The van der Waals surface area contributed by atoms with E-state index in [0.29, 0.717) is 34.4 Å². The van der Waals surface area contributed by atoms with Gasteiger partial charge < -0.3 is 15.5 Å². The highest BCUT2D eigenvalue weighted by Crippen LogP contribution is 2.39. The molecule has 3 heterocycles. The predicted molar refractivity (Wildman–Crippen MR) is 98.1 cm³/mol. The zero-order valence-corrected chi connectivity index (χ0v) is 15.8. The maximum atomic E-state index is 15.3. The Morgan fingerprint density at radius 3 is 2.81 bits per heavy atom. The van der Waals surface area contributed by atoms with Gasteiger partial charge in [-0.05, 0) is 37.4 Å². The molecule has 3 aliphatic heterocycles. The number of aliphatic hydroxyl groups is 1. The predicted octanol–water partition coefficient (Wildman–Crippen LogP) is 0.00430. The average molecular weight is 400 g/mol. The molecule has 1 aromatic carbocycles. The van der Waals surface area contributed by atoms with Crippen LogP contribution in [0.3, 0.4) is 0 Å². The van der Waals surface area contributed by atoms with Crippen LogP contribution in [0.1, 0.15) is 30.4 Å². The number of fused-ring (bicyclic) bond motifs is 1. The van der Waals surface area contributed by atoms with Crippen LogP contribution in [-0.4, -0.2) is 62.0 Å². The van der Waals surface area contributed by atoms with Crippen LogP contribution in [0.15, 0.2) is 6.07 Å². The van der Waals surface area contributed by atoms with Gasteiger partial charge in [0.15, 0.2) is 5.82 Å². The molecule has 150 valence electrons. The Balaban J connectivity index is 1.61. The Morgan fingerprint density at radius 1 is 1.33 bits per heavy atom. The summed E-state index contributed by atoms with van der Waals surface area (Å²) in [6, 6.07) is 1.84. The van der Waals surface area contributed by atoms with Gasteiger partial charge in [-0.3, -0.25) is 4.90 Å². The molecule has 2 fully saturated rings. The van der Waals surface area contributed by atoms with Gasteiger partial charge in [0.25, 0.3) is 0 Å². The molecule has 0 radical (unpaired) electrons. The monoisotopic (exact) mass is 400 g/mol. The standard InChI is InChI=1S/C17H25FN4O4S/c18-16-13-9-21(8-12-3-1-2-5-19-12)6-4-11(13)7-14(23)17(16)22-10-15(24)20-27(22,25)26/h7,12,15,19-20,23-24H,1-6,8-10H2. The second-order valence-corrected chi connectivity index (χ2v) is 9.12. The van der Waals surface area contributed by atoms with Gasteiger partial charge in [-0.1, -0.05) is 6.42 Å². The molecule has 2 unspecified atom stereocenters. The number of halogens is 1. The highest BCUT2D eigenvalue weighted by atomic mass is 32.2. The molecule has 27 heavy (non-hydrogen) atoms. The first-order chi connectivity index (χ1) is 12.8. The molecule has 10 heteroatoms. The molecule has 0 aromatic heterocycles. The fourth-order valence-electron chi connectivity index (χ4n) is 4.22. The number of anilines is 1. The van der Waals surface area contributed by atoms with E-state index in [0.717, 1.165) is 26.1 Å². The van der Waals surface area contributed by atoms with E-state index in [-0.39, 0.29) is 6.54 Å². The van der Waals surface area contributed by atoms with E-state index in [1.165, 1.54) is 18.9 Å². The molecule has 4 N–H and O–H groups in total. The largest absolute Gasteiger partial charge is 0.506 e. The molecule has 2 atom stereocenters. The third-order valence-electron chi connectivity index (χ3n) is 5.55. The van der Waals surface area contributed by atoms with Crippen LogP contribution < -0.4 is 14.3 Å². The van der Waals surface area contributed by atoms with Gasteiger partial charge in [0.1, 0.15) is 17.7 Å². The summed E-state index contributed by atoms with van der Waals surface area (Å²) in [7, 11) is -4.09. The molecule has 4 rings (SSSR count). The van der Waals surface area contributed by atoms with Crippen molar-refractivity contribution in [2.75, 3.05) is 30.5 Å². The minimum atomic E-state index is -4.09. The number of hydrogen-bond donors (Lipinski definition) is 4. The van der Waals surface area contributed by atoms with Crippen molar-refractivity contribution in [2.45, 2.75) is 44.5 Å². The summed E-state index contributed by atoms with van der Waals surface area (Å²) in [5.74, 6) is -1.15. The minimum Gasteiger partial charge on any atom is -0.506 e. The number of piperidine rings is 1. The minimum absolute atomic E-state index is 0.346. The van der Waals surface area contributed by atoms with Crippen molar-refractivity contribution in [3.05, 3.63) is 23.0 Å². The van der Waals surface area contributed by atoms with Crippen LogP contribution in [0, 0.1) is 5.82 Å². The lowest BCUT2D eigenvalue weighted by atomic mass is 9.96. The van der Waals surface area contributed by atoms with Crippen molar-refractivity contribution in [2.24, 2.45) is 0 Å². The number of phenolic OH excluding ortho intramolecular Hbond substituents is 1. The van der Waals surface area contributed by atoms with Gasteiger partial charge >= 0.3 is 10.2 Å². The first-order valence-electron chi connectivity index (χ1n) is 9.32. The first kappa shape index (κ1) is 18.9. The number of benzene rings is 1. The van der Waals surface area contributed by atoms with Crippen LogP contribution in [0.25, 0.3) is 0 Å². The van der Waals surface area contributed by atoms with Crippen LogP contribution in [-0.2, 0) is 23.2 Å². The lowest BCUT2D eigenvalue weighted by Crippen LogP contribution is -2.45. The third kappa shape index (κ3) is 3.64. The number of aliphatic hydroxyl groups excluding tert-OH is 1. The van der Waals surface area contributed by atoms with Gasteiger partial charge in [-0.15, -0.1) is 0 Å². The Morgan fingerprint density at radius 2 is 2.15 bits per heavy atom. The number of nitrogens with one attached hydrogen (secondary N) is 2. The summed E-state index contributed by atoms with van der Waals surface area (Å²) in [6.45, 7) is 2.62. The third-order valence-corrected chi connectivity index (χ3v) is 7.03. The lowest BCUT2D eigenvalue weighted by molar-refractivity contribution is 0.183. The number of aromatic hydroxyl groups is 1. The Labute approximate surface area is 158 Å². The van der Waals surface area contributed by atoms with Crippen LogP contribution in [0.2, 0.25) is 0 Å². The fourth-order valence-corrected chi connectivity index (χ4v) is 5.51. The Bertz CT molecular complexity index is 829. The van der Waals surface area contributed by atoms with E-state index in [1.54, 1.807) is 0 Å². The average Bonchev–Trinajstić information content (AvgIpc) is 2.89. The fraction of sp³-hybridized carbons (Fsp3) is 0.647. The Kier molecular flexibility index (Phi) is 5.02.